The number of carbonyl (C=O) groups excluding carboxylic acids is 2. The van der Waals surface area contributed by atoms with Crippen molar-refractivity contribution in [2.75, 3.05) is 23.7 Å². The molecule has 0 spiro atoms. The Morgan fingerprint density at radius 3 is 2.27 bits per heavy atom. The van der Waals surface area contributed by atoms with Gasteiger partial charge in [0.15, 0.2) is 0 Å². The van der Waals surface area contributed by atoms with Crippen molar-refractivity contribution in [2.24, 2.45) is 5.92 Å². The van der Waals surface area contributed by atoms with E-state index < -0.39 is 0 Å². The summed E-state index contributed by atoms with van der Waals surface area (Å²) in [5.74, 6) is 0.369. The van der Waals surface area contributed by atoms with Crippen LogP contribution in [0.2, 0.25) is 0 Å². The molecule has 3 rings (SSSR count). The number of amides is 3. The normalized spacial score (nSPS) is 19.4. The molecule has 0 bridgehead atoms. The highest BCUT2D eigenvalue weighted by Gasteiger charge is 2.22. The van der Waals surface area contributed by atoms with E-state index in [1.165, 1.54) is 0 Å². The van der Waals surface area contributed by atoms with E-state index in [2.05, 4.69) is 28.2 Å². The van der Waals surface area contributed by atoms with Crippen molar-refractivity contribution in [2.45, 2.75) is 19.4 Å². The van der Waals surface area contributed by atoms with Crippen LogP contribution in [0.25, 0.3) is 0 Å². The van der Waals surface area contributed by atoms with E-state index >= 15 is 0 Å². The number of rotatable bonds is 4. The molecule has 1 aliphatic heterocycles. The third-order valence-electron chi connectivity index (χ3n) is 4.58. The molecule has 26 heavy (non-hydrogen) atoms. The molecule has 4 N–H and O–H groups in total. The van der Waals surface area contributed by atoms with Gasteiger partial charge in [-0.25, -0.2) is 4.79 Å². The number of nitrogens with one attached hydrogen (secondary N) is 4. The molecule has 2 atom stereocenters. The molecule has 3 amide bonds. The lowest BCUT2D eigenvalue weighted by atomic mass is 9.94. The second-order valence-corrected chi connectivity index (χ2v) is 6.57. The van der Waals surface area contributed by atoms with Crippen molar-refractivity contribution in [1.82, 2.24) is 10.6 Å². The molecule has 2 unspecified atom stereocenters. The predicted molar refractivity (Wildman–Crippen MR) is 103 cm³/mol. The summed E-state index contributed by atoms with van der Waals surface area (Å²) >= 11 is 0. The van der Waals surface area contributed by atoms with Crippen LogP contribution in [0.5, 0.6) is 0 Å². The molecule has 136 valence electrons. The summed E-state index contributed by atoms with van der Waals surface area (Å²) in [6, 6.07) is 15.9. The molecule has 6 nitrogen and oxygen atoms in total. The third kappa shape index (κ3) is 4.83. The first kappa shape index (κ1) is 17.9. The van der Waals surface area contributed by atoms with Crippen LogP contribution in [-0.2, 0) is 0 Å². The average Bonchev–Trinajstić information content (AvgIpc) is 2.65. The Labute approximate surface area is 153 Å². The van der Waals surface area contributed by atoms with Gasteiger partial charge in [-0.05, 0) is 55.3 Å². The van der Waals surface area contributed by atoms with Gasteiger partial charge < -0.3 is 21.3 Å². The van der Waals surface area contributed by atoms with Gasteiger partial charge in [0, 0.05) is 29.5 Å². The lowest BCUT2D eigenvalue weighted by molar-refractivity contribution is 0.0915. The van der Waals surface area contributed by atoms with Gasteiger partial charge in [0.2, 0.25) is 0 Å². The van der Waals surface area contributed by atoms with Gasteiger partial charge in [-0.1, -0.05) is 25.1 Å². The Kier molecular flexibility index (Phi) is 5.86. The number of urea groups is 1. The van der Waals surface area contributed by atoms with Crippen LogP contribution in [0.1, 0.15) is 23.7 Å². The highest BCUT2D eigenvalue weighted by atomic mass is 16.2. The summed E-state index contributed by atoms with van der Waals surface area (Å²) in [5.41, 5.74) is 1.93. The molecular weight excluding hydrogens is 328 g/mol. The van der Waals surface area contributed by atoms with Crippen molar-refractivity contribution < 1.29 is 9.59 Å². The Morgan fingerprint density at radius 2 is 1.62 bits per heavy atom. The van der Waals surface area contributed by atoms with Gasteiger partial charge in [0.1, 0.15) is 0 Å². The first-order valence-corrected chi connectivity index (χ1v) is 8.86. The highest BCUT2D eigenvalue weighted by Crippen LogP contribution is 2.14. The van der Waals surface area contributed by atoms with Gasteiger partial charge >= 0.3 is 6.03 Å². The van der Waals surface area contributed by atoms with Crippen molar-refractivity contribution in [1.29, 1.82) is 0 Å². The van der Waals surface area contributed by atoms with Crippen LogP contribution in [-0.4, -0.2) is 31.1 Å². The van der Waals surface area contributed by atoms with Crippen LogP contribution in [0.4, 0.5) is 16.2 Å². The summed E-state index contributed by atoms with van der Waals surface area (Å²) in [6.45, 7) is 3.95. The number of carbonyl (C=O) groups is 2. The Balaban J connectivity index is 1.54. The lowest BCUT2D eigenvalue weighted by Gasteiger charge is -2.30. The maximum absolute atomic E-state index is 12.4. The number of benzene rings is 2. The van der Waals surface area contributed by atoms with Gasteiger partial charge in [0.05, 0.1) is 0 Å². The average molecular weight is 352 g/mol. The summed E-state index contributed by atoms with van der Waals surface area (Å²) in [6.07, 6.45) is 1.06. The zero-order chi connectivity index (χ0) is 18.4. The van der Waals surface area contributed by atoms with Crippen LogP contribution >= 0.6 is 0 Å². The van der Waals surface area contributed by atoms with E-state index in [-0.39, 0.29) is 18.0 Å². The van der Waals surface area contributed by atoms with Crippen molar-refractivity contribution >= 4 is 23.3 Å². The summed E-state index contributed by atoms with van der Waals surface area (Å²) in [7, 11) is 0. The minimum Gasteiger partial charge on any atom is -0.348 e. The van der Waals surface area contributed by atoms with E-state index in [9.17, 15) is 9.59 Å². The smallest absolute Gasteiger partial charge is 0.323 e. The molecular formula is C20H24N4O2. The molecule has 2 aromatic carbocycles. The quantitative estimate of drug-likeness (QED) is 0.682. The zero-order valence-corrected chi connectivity index (χ0v) is 14.8. The number of para-hydroxylation sites is 1. The summed E-state index contributed by atoms with van der Waals surface area (Å²) in [4.78, 5) is 24.4. The molecule has 1 fully saturated rings. The fourth-order valence-electron chi connectivity index (χ4n) is 2.95. The topological polar surface area (TPSA) is 82.3 Å². The first-order valence-electron chi connectivity index (χ1n) is 8.86. The minimum absolute atomic E-state index is 0.0918. The standard InChI is InChI=1S/C20H24N4O2/c1-14-11-12-21-13-18(14)24-19(25)15-7-9-17(10-8-15)23-20(26)22-16-5-3-2-4-6-16/h2-10,14,18,21H,11-13H2,1H3,(H,24,25)(H2,22,23,26). The number of anilines is 2. The Hall–Kier alpha value is -2.86. The van der Waals surface area contributed by atoms with Crippen molar-refractivity contribution in [3.05, 3.63) is 60.2 Å². The van der Waals surface area contributed by atoms with Gasteiger partial charge in [-0.2, -0.15) is 0 Å². The molecule has 0 saturated carbocycles. The molecule has 0 aromatic heterocycles. The molecule has 0 aliphatic carbocycles. The first-order chi connectivity index (χ1) is 12.6. The van der Waals surface area contributed by atoms with Gasteiger partial charge in [0.25, 0.3) is 5.91 Å². The fourth-order valence-corrected chi connectivity index (χ4v) is 2.95. The number of hydrogen-bond acceptors (Lipinski definition) is 3. The maximum Gasteiger partial charge on any atom is 0.323 e. The van der Waals surface area contributed by atoms with Crippen LogP contribution in [0.15, 0.2) is 54.6 Å². The molecule has 1 aliphatic rings. The number of hydrogen-bond donors (Lipinski definition) is 4. The van der Waals surface area contributed by atoms with Crippen LogP contribution in [0, 0.1) is 5.92 Å². The van der Waals surface area contributed by atoms with Crippen molar-refractivity contribution in [3.8, 4) is 0 Å². The number of piperidine rings is 1. The predicted octanol–water partition coefficient (Wildman–Crippen LogP) is 3.06. The Morgan fingerprint density at radius 1 is 0.962 bits per heavy atom. The summed E-state index contributed by atoms with van der Waals surface area (Å²) < 4.78 is 0. The van der Waals surface area contributed by atoms with Crippen molar-refractivity contribution in [3.63, 3.8) is 0 Å². The van der Waals surface area contributed by atoms with Crippen LogP contribution in [0.3, 0.4) is 0 Å². The second-order valence-electron chi connectivity index (χ2n) is 6.57. The molecule has 2 aromatic rings. The minimum atomic E-state index is -0.324. The van der Waals surface area contributed by atoms with E-state index in [4.69, 9.17) is 0 Å². The van der Waals surface area contributed by atoms with Gasteiger partial charge in [-0.3, -0.25) is 4.79 Å². The van der Waals surface area contributed by atoms with Crippen LogP contribution < -0.4 is 21.3 Å². The lowest BCUT2D eigenvalue weighted by Crippen LogP contribution is -2.50. The molecule has 0 radical (unpaired) electrons. The van der Waals surface area contributed by atoms with Gasteiger partial charge in [-0.15, -0.1) is 0 Å². The van der Waals surface area contributed by atoms with E-state index in [0.29, 0.717) is 17.2 Å². The SMILES string of the molecule is CC1CCNCC1NC(=O)c1ccc(NC(=O)Nc2ccccc2)cc1. The van der Waals surface area contributed by atoms with E-state index in [1.807, 2.05) is 30.3 Å². The summed E-state index contributed by atoms with van der Waals surface area (Å²) in [5, 5.41) is 11.9. The monoisotopic (exact) mass is 352 g/mol. The van der Waals surface area contributed by atoms with E-state index in [1.54, 1.807) is 24.3 Å². The zero-order valence-electron chi connectivity index (χ0n) is 14.8. The largest absolute Gasteiger partial charge is 0.348 e. The second kappa shape index (κ2) is 8.49. The fraction of sp³-hybridized carbons (Fsp3) is 0.300. The highest BCUT2D eigenvalue weighted by molar-refractivity contribution is 6.00. The molecule has 6 heteroatoms. The molecule has 1 heterocycles. The maximum atomic E-state index is 12.4. The Bertz CT molecular complexity index is 746. The third-order valence-corrected chi connectivity index (χ3v) is 4.58. The molecule has 1 saturated heterocycles. The van der Waals surface area contributed by atoms with E-state index in [0.717, 1.165) is 25.2 Å².